The van der Waals surface area contributed by atoms with E-state index in [0.717, 1.165) is 4.90 Å². The second kappa shape index (κ2) is 13.4. The number of hydrogen-bond acceptors (Lipinski definition) is 8. The molecule has 0 aromatic heterocycles. The number of carboxylic acids is 1. The maximum atomic E-state index is 13.2. The van der Waals surface area contributed by atoms with Crippen molar-refractivity contribution in [3.63, 3.8) is 0 Å². The van der Waals surface area contributed by atoms with Crippen LogP contribution in [0.3, 0.4) is 0 Å². The third-order valence-electron chi connectivity index (χ3n) is 4.27. The van der Waals surface area contributed by atoms with Crippen molar-refractivity contribution in [2.45, 2.75) is 84.0 Å². The Bertz CT molecular complexity index is 722. The van der Waals surface area contributed by atoms with Crippen LogP contribution in [0.1, 0.15) is 60.8 Å². The quantitative estimate of drug-likeness (QED) is 0.313. The number of imide groups is 1. The van der Waals surface area contributed by atoms with E-state index >= 15 is 0 Å². The standard InChI is InChI=1S/C21H38N4O7S/c1-8-10-25(18(30)21(5,6)24-19(31)32-20(2,3)4)17(29)14(12-15(26)27)23-16(28)13(22)9-11-33-7/h13-14H,8-12,22H2,1-7H3,(H,23,28)(H,24,31)(H,26,27)/t13-,14-/m0/s1. The van der Waals surface area contributed by atoms with Gasteiger partial charge in [0.2, 0.25) is 5.91 Å². The molecule has 190 valence electrons. The first-order valence-electron chi connectivity index (χ1n) is 10.7. The van der Waals surface area contributed by atoms with E-state index in [1.54, 1.807) is 27.7 Å². The number of nitrogens with two attached hydrogens (primary N) is 1. The molecule has 0 aliphatic heterocycles. The molecule has 4 amide bonds. The molecule has 0 unspecified atom stereocenters. The normalized spacial score (nSPS) is 13.5. The largest absolute Gasteiger partial charge is 0.481 e. The molecule has 0 spiro atoms. The number of thioether (sulfide) groups is 1. The van der Waals surface area contributed by atoms with Crippen LogP contribution in [0.25, 0.3) is 0 Å². The molecule has 12 heteroatoms. The average Bonchev–Trinajstić information content (AvgIpc) is 2.66. The van der Waals surface area contributed by atoms with Crippen LogP contribution in [0, 0.1) is 0 Å². The molecule has 0 aromatic carbocycles. The third kappa shape index (κ3) is 11.4. The summed E-state index contributed by atoms with van der Waals surface area (Å²) in [7, 11) is 0. The van der Waals surface area contributed by atoms with Crippen molar-refractivity contribution in [3.8, 4) is 0 Å². The molecule has 11 nitrogen and oxygen atoms in total. The number of hydrogen-bond donors (Lipinski definition) is 4. The van der Waals surface area contributed by atoms with E-state index in [0.29, 0.717) is 18.6 Å². The Balaban J connectivity index is 5.70. The summed E-state index contributed by atoms with van der Waals surface area (Å²) < 4.78 is 5.18. The van der Waals surface area contributed by atoms with E-state index in [4.69, 9.17) is 10.5 Å². The molecule has 0 aliphatic carbocycles. The number of carbonyl (C=O) groups excluding carboxylic acids is 4. The van der Waals surface area contributed by atoms with Gasteiger partial charge in [0.1, 0.15) is 17.2 Å². The van der Waals surface area contributed by atoms with Gasteiger partial charge < -0.3 is 26.2 Å². The number of amides is 4. The van der Waals surface area contributed by atoms with Crippen LogP contribution < -0.4 is 16.4 Å². The second-order valence-electron chi connectivity index (χ2n) is 9.09. The maximum Gasteiger partial charge on any atom is 0.408 e. The summed E-state index contributed by atoms with van der Waals surface area (Å²) in [5, 5.41) is 14.0. The first-order valence-corrected chi connectivity index (χ1v) is 12.1. The van der Waals surface area contributed by atoms with E-state index in [1.165, 1.54) is 25.6 Å². The fraction of sp³-hybridized carbons (Fsp3) is 0.762. The lowest BCUT2D eigenvalue weighted by Gasteiger charge is -2.33. The molecule has 33 heavy (non-hydrogen) atoms. The van der Waals surface area contributed by atoms with Crippen molar-refractivity contribution in [3.05, 3.63) is 0 Å². The molecule has 0 aromatic rings. The minimum absolute atomic E-state index is 0.0401. The van der Waals surface area contributed by atoms with Gasteiger partial charge in [-0.1, -0.05) is 6.92 Å². The lowest BCUT2D eigenvalue weighted by Crippen LogP contribution is -2.61. The van der Waals surface area contributed by atoms with Gasteiger partial charge in [0.15, 0.2) is 0 Å². The Morgan fingerprint density at radius 1 is 1.12 bits per heavy atom. The summed E-state index contributed by atoms with van der Waals surface area (Å²) in [6.45, 7) is 9.48. The number of ether oxygens (including phenoxy) is 1. The van der Waals surface area contributed by atoms with Gasteiger partial charge in [0, 0.05) is 6.54 Å². The molecule has 0 bridgehead atoms. The van der Waals surface area contributed by atoms with Crippen LogP contribution in [0.2, 0.25) is 0 Å². The zero-order chi connectivity index (χ0) is 26.0. The van der Waals surface area contributed by atoms with Crippen LogP contribution in [0.15, 0.2) is 0 Å². The van der Waals surface area contributed by atoms with Crippen molar-refractivity contribution in [2.24, 2.45) is 5.73 Å². The minimum Gasteiger partial charge on any atom is -0.481 e. The number of rotatable bonds is 12. The first-order chi connectivity index (χ1) is 15.1. The van der Waals surface area contributed by atoms with Crippen LogP contribution in [-0.4, -0.2) is 81.6 Å². The molecule has 0 aliphatic rings. The lowest BCUT2D eigenvalue weighted by atomic mass is 10.0. The highest BCUT2D eigenvalue weighted by Crippen LogP contribution is 2.14. The number of nitrogens with one attached hydrogen (secondary N) is 2. The van der Waals surface area contributed by atoms with Gasteiger partial charge >= 0.3 is 12.1 Å². The molecule has 5 N–H and O–H groups in total. The summed E-state index contributed by atoms with van der Waals surface area (Å²) >= 11 is 1.49. The maximum absolute atomic E-state index is 13.2. The first kappa shape index (κ1) is 30.7. The lowest BCUT2D eigenvalue weighted by molar-refractivity contribution is -0.153. The Hall–Kier alpha value is -2.34. The van der Waals surface area contributed by atoms with E-state index < -0.39 is 59.4 Å². The van der Waals surface area contributed by atoms with Crippen LogP contribution >= 0.6 is 11.8 Å². The Morgan fingerprint density at radius 3 is 2.15 bits per heavy atom. The Morgan fingerprint density at radius 2 is 1.70 bits per heavy atom. The molecule has 0 saturated heterocycles. The monoisotopic (exact) mass is 490 g/mol. The SMILES string of the molecule is CCCN(C(=O)[C@H](CC(=O)O)NC(=O)[C@@H](N)CCSC)C(=O)C(C)(C)NC(=O)OC(C)(C)C. The topological polar surface area (TPSA) is 168 Å². The minimum atomic E-state index is -1.54. The number of alkyl carbamates (subject to hydrolysis) is 1. The summed E-state index contributed by atoms with van der Waals surface area (Å²) in [6, 6.07) is -2.43. The number of aliphatic carboxylic acids is 1. The molecule has 2 atom stereocenters. The van der Waals surface area contributed by atoms with Crippen molar-refractivity contribution in [1.82, 2.24) is 15.5 Å². The molecule has 0 rings (SSSR count). The van der Waals surface area contributed by atoms with Crippen LogP contribution in [-0.2, 0) is 23.9 Å². The van der Waals surface area contributed by atoms with Gasteiger partial charge in [-0.2, -0.15) is 11.8 Å². The number of nitrogens with zero attached hydrogens (tertiary/aromatic N) is 1. The zero-order valence-electron chi connectivity index (χ0n) is 20.5. The molecule has 0 heterocycles. The van der Waals surface area contributed by atoms with Gasteiger partial charge in [0.25, 0.3) is 11.8 Å². The molecule has 0 fully saturated rings. The summed E-state index contributed by atoms with van der Waals surface area (Å²) in [6.07, 6.45) is 0.988. The van der Waals surface area contributed by atoms with Gasteiger partial charge in [-0.15, -0.1) is 0 Å². The van der Waals surface area contributed by atoms with Crippen LogP contribution in [0.4, 0.5) is 4.79 Å². The Labute approximate surface area is 199 Å². The molecular weight excluding hydrogens is 452 g/mol. The molecular formula is C21H38N4O7S. The highest BCUT2D eigenvalue weighted by molar-refractivity contribution is 7.98. The summed E-state index contributed by atoms with van der Waals surface area (Å²) in [4.78, 5) is 63.2. The predicted molar refractivity (Wildman–Crippen MR) is 126 cm³/mol. The summed E-state index contributed by atoms with van der Waals surface area (Å²) in [5.74, 6) is -3.07. The van der Waals surface area contributed by atoms with E-state index in [2.05, 4.69) is 10.6 Å². The Kier molecular flexibility index (Phi) is 12.4. The van der Waals surface area contributed by atoms with E-state index in [9.17, 15) is 29.1 Å². The second-order valence-corrected chi connectivity index (χ2v) is 10.1. The van der Waals surface area contributed by atoms with Crippen molar-refractivity contribution < 1.29 is 33.8 Å². The van der Waals surface area contributed by atoms with Gasteiger partial charge in [-0.05, 0) is 59.5 Å². The van der Waals surface area contributed by atoms with Gasteiger partial charge in [-0.25, -0.2) is 4.79 Å². The predicted octanol–water partition coefficient (Wildman–Crippen LogP) is 1.09. The zero-order valence-corrected chi connectivity index (χ0v) is 21.3. The smallest absolute Gasteiger partial charge is 0.408 e. The fourth-order valence-electron chi connectivity index (χ4n) is 2.70. The van der Waals surface area contributed by atoms with E-state index in [-0.39, 0.29) is 6.54 Å². The third-order valence-corrected chi connectivity index (χ3v) is 4.91. The van der Waals surface area contributed by atoms with Crippen molar-refractivity contribution in [1.29, 1.82) is 0 Å². The van der Waals surface area contributed by atoms with Crippen molar-refractivity contribution in [2.75, 3.05) is 18.6 Å². The fourth-order valence-corrected chi connectivity index (χ4v) is 3.19. The van der Waals surface area contributed by atoms with Crippen molar-refractivity contribution >= 4 is 41.5 Å². The number of carbonyl (C=O) groups is 5. The molecule has 0 saturated carbocycles. The number of carboxylic acid groups (broad SMARTS) is 1. The average molecular weight is 491 g/mol. The van der Waals surface area contributed by atoms with Crippen LogP contribution in [0.5, 0.6) is 0 Å². The van der Waals surface area contributed by atoms with E-state index in [1.807, 2.05) is 6.26 Å². The molecule has 0 radical (unpaired) electrons. The van der Waals surface area contributed by atoms with Gasteiger partial charge in [0.05, 0.1) is 12.5 Å². The highest BCUT2D eigenvalue weighted by atomic mass is 32.2. The summed E-state index contributed by atoms with van der Waals surface area (Å²) in [5.41, 5.74) is 3.49. The van der Waals surface area contributed by atoms with Gasteiger partial charge in [-0.3, -0.25) is 24.1 Å². The highest BCUT2D eigenvalue weighted by Gasteiger charge is 2.40.